The minimum atomic E-state index is -0.118. The topological polar surface area (TPSA) is 49.7 Å². The third-order valence-electron chi connectivity index (χ3n) is 1.29. The van der Waals surface area contributed by atoms with Crippen LogP contribution >= 0.6 is 0 Å². The van der Waals surface area contributed by atoms with Crippen LogP contribution in [0.1, 0.15) is 6.42 Å². The van der Waals surface area contributed by atoms with Crippen molar-refractivity contribution in [2.75, 3.05) is 13.2 Å². The molecular weight excluding hydrogens is 120 g/mol. The molecule has 2 N–H and O–H groups in total. The number of aliphatic hydroxyl groups excluding tert-OH is 2. The van der Waals surface area contributed by atoms with Crippen LogP contribution in [0.2, 0.25) is 0 Å². The molecule has 1 rings (SSSR count). The average molecular weight is 130 g/mol. The lowest BCUT2D eigenvalue weighted by molar-refractivity contribution is 0.0643. The summed E-state index contributed by atoms with van der Waals surface area (Å²) in [5.41, 5.74) is 0. The molecule has 1 atom stereocenters. The molecule has 0 fully saturated rings. The zero-order valence-corrected chi connectivity index (χ0v) is 5.08. The zero-order valence-electron chi connectivity index (χ0n) is 5.08. The minimum Gasteiger partial charge on any atom is -0.490 e. The highest BCUT2D eigenvalue weighted by atomic mass is 16.5. The van der Waals surface area contributed by atoms with E-state index in [1.165, 1.54) is 0 Å². The molecule has 0 bridgehead atoms. The molecule has 0 spiro atoms. The SMILES string of the molecule is OCC1=CCC(CO)O1. The van der Waals surface area contributed by atoms with Gasteiger partial charge in [0.2, 0.25) is 0 Å². The molecule has 0 aliphatic carbocycles. The standard InChI is InChI=1S/C6H10O3/c7-3-5-1-2-6(4-8)9-5/h1,6-8H,2-4H2. The van der Waals surface area contributed by atoms with E-state index >= 15 is 0 Å². The summed E-state index contributed by atoms with van der Waals surface area (Å²) >= 11 is 0. The Bertz CT molecular complexity index is 119. The highest BCUT2D eigenvalue weighted by Crippen LogP contribution is 2.14. The Morgan fingerprint density at radius 3 is 2.78 bits per heavy atom. The van der Waals surface area contributed by atoms with Crippen LogP contribution in [0, 0.1) is 0 Å². The van der Waals surface area contributed by atoms with E-state index in [1.54, 1.807) is 6.08 Å². The van der Waals surface area contributed by atoms with E-state index in [0.29, 0.717) is 12.2 Å². The molecule has 3 nitrogen and oxygen atoms in total. The van der Waals surface area contributed by atoms with Crippen LogP contribution in [0.3, 0.4) is 0 Å². The van der Waals surface area contributed by atoms with Gasteiger partial charge in [-0.25, -0.2) is 0 Å². The summed E-state index contributed by atoms with van der Waals surface area (Å²) in [6.45, 7) is -0.0312. The Labute approximate surface area is 53.6 Å². The van der Waals surface area contributed by atoms with Crippen molar-refractivity contribution in [3.8, 4) is 0 Å². The number of ether oxygens (including phenoxy) is 1. The Morgan fingerprint density at radius 2 is 2.44 bits per heavy atom. The lowest BCUT2D eigenvalue weighted by Crippen LogP contribution is -2.11. The van der Waals surface area contributed by atoms with E-state index in [-0.39, 0.29) is 19.3 Å². The van der Waals surface area contributed by atoms with Crippen molar-refractivity contribution in [2.45, 2.75) is 12.5 Å². The fraction of sp³-hybridized carbons (Fsp3) is 0.667. The van der Waals surface area contributed by atoms with Crippen LogP contribution in [0.4, 0.5) is 0 Å². The van der Waals surface area contributed by atoms with Crippen LogP contribution in [0.25, 0.3) is 0 Å². The van der Waals surface area contributed by atoms with Gasteiger partial charge in [-0.1, -0.05) is 0 Å². The van der Waals surface area contributed by atoms with Gasteiger partial charge in [0.15, 0.2) is 0 Å². The van der Waals surface area contributed by atoms with Gasteiger partial charge >= 0.3 is 0 Å². The second-order valence-corrected chi connectivity index (χ2v) is 1.99. The molecule has 1 aliphatic heterocycles. The maximum absolute atomic E-state index is 8.54. The summed E-state index contributed by atoms with van der Waals surface area (Å²) in [5.74, 6) is 0.578. The predicted octanol–water partition coefficient (Wildman–Crippen LogP) is -0.356. The number of hydrogen-bond acceptors (Lipinski definition) is 3. The Morgan fingerprint density at radius 1 is 1.67 bits per heavy atom. The van der Waals surface area contributed by atoms with Crippen molar-refractivity contribution in [1.82, 2.24) is 0 Å². The fourth-order valence-electron chi connectivity index (χ4n) is 0.787. The maximum atomic E-state index is 8.54. The molecule has 0 aromatic rings. The maximum Gasteiger partial charge on any atom is 0.125 e. The van der Waals surface area contributed by atoms with Gasteiger partial charge in [-0.3, -0.25) is 0 Å². The molecule has 3 heteroatoms. The van der Waals surface area contributed by atoms with Gasteiger partial charge in [0.05, 0.1) is 6.61 Å². The van der Waals surface area contributed by atoms with Gasteiger partial charge in [0, 0.05) is 6.42 Å². The highest BCUT2D eigenvalue weighted by molar-refractivity contribution is 5.00. The molecule has 0 radical (unpaired) electrons. The number of aliphatic hydroxyl groups is 2. The third-order valence-corrected chi connectivity index (χ3v) is 1.29. The van der Waals surface area contributed by atoms with Crippen molar-refractivity contribution < 1.29 is 14.9 Å². The van der Waals surface area contributed by atoms with Crippen LogP contribution in [-0.2, 0) is 4.74 Å². The summed E-state index contributed by atoms with van der Waals surface area (Å²) in [6.07, 6.45) is 2.39. The first-order chi connectivity index (χ1) is 4.36. The van der Waals surface area contributed by atoms with Crippen molar-refractivity contribution in [2.24, 2.45) is 0 Å². The molecule has 1 unspecified atom stereocenters. The molecule has 0 aromatic carbocycles. The van der Waals surface area contributed by atoms with Crippen LogP contribution < -0.4 is 0 Å². The zero-order chi connectivity index (χ0) is 6.69. The summed E-state index contributed by atoms with van der Waals surface area (Å²) in [4.78, 5) is 0. The molecular formula is C6H10O3. The largest absolute Gasteiger partial charge is 0.490 e. The summed E-state index contributed by atoms with van der Waals surface area (Å²) in [5, 5.41) is 17.0. The molecule has 1 aliphatic rings. The van der Waals surface area contributed by atoms with Gasteiger partial charge in [-0.05, 0) is 6.08 Å². The average Bonchev–Trinajstić information content (AvgIpc) is 2.34. The van der Waals surface area contributed by atoms with Crippen molar-refractivity contribution in [3.05, 3.63) is 11.8 Å². The van der Waals surface area contributed by atoms with Gasteiger partial charge in [0.1, 0.15) is 18.5 Å². The van der Waals surface area contributed by atoms with E-state index < -0.39 is 0 Å². The Kier molecular flexibility index (Phi) is 2.08. The highest BCUT2D eigenvalue weighted by Gasteiger charge is 2.15. The van der Waals surface area contributed by atoms with E-state index in [1.807, 2.05) is 0 Å². The first-order valence-corrected chi connectivity index (χ1v) is 2.94. The second kappa shape index (κ2) is 2.85. The van der Waals surface area contributed by atoms with Gasteiger partial charge in [-0.15, -0.1) is 0 Å². The number of hydrogen-bond donors (Lipinski definition) is 2. The first kappa shape index (κ1) is 6.58. The van der Waals surface area contributed by atoms with Gasteiger partial charge in [-0.2, -0.15) is 0 Å². The lowest BCUT2D eigenvalue weighted by Gasteiger charge is -2.07. The second-order valence-electron chi connectivity index (χ2n) is 1.99. The molecule has 0 aromatic heterocycles. The summed E-state index contributed by atoms with van der Waals surface area (Å²) in [6, 6.07) is 0. The molecule has 9 heavy (non-hydrogen) atoms. The van der Waals surface area contributed by atoms with Crippen molar-refractivity contribution in [3.63, 3.8) is 0 Å². The van der Waals surface area contributed by atoms with E-state index in [0.717, 1.165) is 0 Å². The van der Waals surface area contributed by atoms with Crippen molar-refractivity contribution in [1.29, 1.82) is 0 Å². The van der Waals surface area contributed by atoms with Crippen molar-refractivity contribution >= 4 is 0 Å². The fourth-order valence-corrected chi connectivity index (χ4v) is 0.787. The predicted molar refractivity (Wildman–Crippen MR) is 31.7 cm³/mol. The molecule has 0 saturated heterocycles. The van der Waals surface area contributed by atoms with Crippen LogP contribution in [0.15, 0.2) is 11.8 Å². The van der Waals surface area contributed by atoms with Crippen LogP contribution in [-0.4, -0.2) is 29.5 Å². The Hall–Kier alpha value is -0.540. The molecule has 52 valence electrons. The number of rotatable bonds is 2. The first-order valence-electron chi connectivity index (χ1n) is 2.94. The smallest absolute Gasteiger partial charge is 0.125 e. The van der Waals surface area contributed by atoms with E-state index in [4.69, 9.17) is 14.9 Å². The Balaban J connectivity index is 2.31. The minimum absolute atomic E-state index is 0.0278. The monoisotopic (exact) mass is 130 g/mol. The third kappa shape index (κ3) is 1.43. The molecule has 0 amide bonds. The lowest BCUT2D eigenvalue weighted by atomic mass is 10.3. The van der Waals surface area contributed by atoms with Gasteiger partial charge in [0.25, 0.3) is 0 Å². The van der Waals surface area contributed by atoms with Gasteiger partial charge < -0.3 is 14.9 Å². The van der Waals surface area contributed by atoms with Crippen LogP contribution in [0.5, 0.6) is 0 Å². The molecule has 0 saturated carbocycles. The summed E-state index contributed by atoms with van der Waals surface area (Å²) in [7, 11) is 0. The summed E-state index contributed by atoms with van der Waals surface area (Å²) < 4.78 is 5.02. The normalized spacial score (nSPS) is 25.6. The van der Waals surface area contributed by atoms with E-state index in [2.05, 4.69) is 0 Å². The van der Waals surface area contributed by atoms with E-state index in [9.17, 15) is 0 Å². The molecule has 1 heterocycles. The quantitative estimate of drug-likeness (QED) is 0.537.